The molecule has 1 aliphatic heterocycles. The van der Waals surface area contributed by atoms with Crippen LogP contribution in [0.25, 0.3) is 0 Å². The lowest BCUT2D eigenvalue weighted by molar-refractivity contribution is 0.0572. The molecule has 0 aromatic heterocycles. The number of likely N-dealkylation sites (tertiary alicyclic amines) is 1. The first kappa shape index (κ1) is 6.95. The van der Waals surface area contributed by atoms with E-state index in [4.69, 9.17) is 15.3 Å². The maximum absolute atomic E-state index is 8.90. The first-order valence-electron chi connectivity index (χ1n) is 2.93. The third-order valence-electron chi connectivity index (χ3n) is 1.53. The Morgan fingerprint density at radius 2 is 1.67 bits per heavy atom. The maximum Gasteiger partial charge on any atom is 0.0958 e. The summed E-state index contributed by atoms with van der Waals surface area (Å²) in [5.41, 5.74) is 0. The lowest BCUT2D eigenvalue weighted by atomic mass is 10.3. The van der Waals surface area contributed by atoms with Gasteiger partial charge in [0.05, 0.1) is 18.9 Å². The molecule has 0 aliphatic carbocycles. The lowest BCUT2D eigenvalue weighted by Crippen LogP contribution is -2.22. The SMILES string of the molecule is OCN1CC(O)C(O)C1. The van der Waals surface area contributed by atoms with Crippen molar-refractivity contribution in [2.75, 3.05) is 19.8 Å². The van der Waals surface area contributed by atoms with Crippen LogP contribution in [0.3, 0.4) is 0 Å². The molecule has 2 atom stereocenters. The van der Waals surface area contributed by atoms with Crippen LogP contribution in [0.15, 0.2) is 0 Å². The van der Waals surface area contributed by atoms with E-state index >= 15 is 0 Å². The molecule has 0 aromatic carbocycles. The summed E-state index contributed by atoms with van der Waals surface area (Å²) in [6, 6.07) is 0. The van der Waals surface area contributed by atoms with Crippen molar-refractivity contribution in [3.63, 3.8) is 0 Å². The van der Waals surface area contributed by atoms with Gasteiger partial charge < -0.3 is 15.3 Å². The van der Waals surface area contributed by atoms with E-state index in [-0.39, 0.29) is 6.73 Å². The first-order valence-corrected chi connectivity index (χ1v) is 2.93. The Bertz CT molecular complexity index is 88.2. The number of hydrogen-bond donors (Lipinski definition) is 3. The minimum Gasteiger partial charge on any atom is -0.389 e. The van der Waals surface area contributed by atoms with Gasteiger partial charge in [0.15, 0.2) is 0 Å². The molecule has 0 saturated carbocycles. The minimum atomic E-state index is -0.683. The van der Waals surface area contributed by atoms with Crippen LogP contribution in [-0.2, 0) is 0 Å². The third kappa shape index (κ3) is 1.40. The van der Waals surface area contributed by atoms with Gasteiger partial charge in [0.2, 0.25) is 0 Å². The largest absolute Gasteiger partial charge is 0.389 e. The second-order valence-corrected chi connectivity index (χ2v) is 2.31. The van der Waals surface area contributed by atoms with Crippen molar-refractivity contribution in [2.24, 2.45) is 0 Å². The van der Waals surface area contributed by atoms with Crippen molar-refractivity contribution in [3.05, 3.63) is 0 Å². The molecule has 3 N–H and O–H groups in total. The van der Waals surface area contributed by atoms with Crippen LogP contribution in [0.4, 0.5) is 0 Å². The van der Waals surface area contributed by atoms with Crippen molar-refractivity contribution >= 4 is 0 Å². The lowest BCUT2D eigenvalue weighted by Gasteiger charge is -2.07. The Labute approximate surface area is 53.3 Å². The van der Waals surface area contributed by atoms with Gasteiger partial charge in [-0.2, -0.15) is 0 Å². The van der Waals surface area contributed by atoms with E-state index in [1.807, 2.05) is 0 Å². The fourth-order valence-electron chi connectivity index (χ4n) is 0.962. The highest BCUT2D eigenvalue weighted by atomic mass is 16.3. The highest BCUT2D eigenvalue weighted by Crippen LogP contribution is 2.07. The monoisotopic (exact) mass is 133 g/mol. The molecule has 2 unspecified atom stereocenters. The summed E-state index contributed by atoms with van der Waals surface area (Å²) >= 11 is 0. The standard InChI is InChI=1S/C5H11NO3/c7-3-6-1-4(8)5(9)2-6/h4-5,7-9H,1-3H2. The summed E-state index contributed by atoms with van der Waals surface area (Å²) < 4.78 is 0. The molecule has 1 aliphatic rings. The van der Waals surface area contributed by atoms with E-state index in [0.29, 0.717) is 13.1 Å². The van der Waals surface area contributed by atoms with Crippen molar-refractivity contribution in [1.29, 1.82) is 0 Å². The van der Waals surface area contributed by atoms with Crippen LogP contribution in [0.5, 0.6) is 0 Å². The highest BCUT2D eigenvalue weighted by molar-refractivity contribution is 4.81. The Hall–Kier alpha value is -0.160. The first-order chi connectivity index (χ1) is 4.24. The number of hydrogen-bond acceptors (Lipinski definition) is 4. The molecule has 1 rings (SSSR count). The number of aliphatic hydroxyl groups excluding tert-OH is 3. The Morgan fingerprint density at radius 3 is 1.89 bits per heavy atom. The second-order valence-electron chi connectivity index (χ2n) is 2.31. The molecule has 0 spiro atoms. The van der Waals surface area contributed by atoms with Gasteiger partial charge in [0, 0.05) is 13.1 Å². The zero-order valence-electron chi connectivity index (χ0n) is 5.06. The zero-order valence-corrected chi connectivity index (χ0v) is 5.06. The fraction of sp³-hybridized carbons (Fsp3) is 1.00. The molecule has 0 amide bonds. The Kier molecular flexibility index (Phi) is 2.02. The Morgan fingerprint density at radius 1 is 1.22 bits per heavy atom. The molecular weight excluding hydrogens is 122 g/mol. The molecule has 1 saturated heterocycles. The van der Waals surface area contributed by atoms with Gasteiger partial charge in [-0.05, 0) is 0 Å². The molecule has 0 radical (unpaired) electrons. The number of nitrogens with zero attached hydrogens (tertiary/aromatic N) is 1. The molecule has 1 fully saturated rings. The normalized spacial score (nSPS) is 37.7. The maximum atomic E-state index is 8.90. The summed E-state index contributed by atoms with van der Waals surface area (Å²) in [5.74, 6) is 0. The molecule has 54 valence electrons. The highest BCUT2D eigenvalue weighted by Gasteiger charge is 2.28. The number of β-amino-alcohol motifs (C(OH)–C–C–N with tert-alkyl or cyclic N) is 2. The van der Waals surface area contributed by atoms with Gasteiger partial charge in [-0.15, -0.1) is 0 Å². The minimum absolute atomic E-state index is 0.0892. The molecule has 4 heteroatoms. The second kappa shape index (κ2) is 2.62. The number of aliphatic hydroxyl groups is 3. The third-order valence-corrected chi connectivity index (χ3v) is 1.53. The van der Waals surface area contributed by atoms with Crippen LogP contribution in [0.2, 0.25) is 0 Å². The summed E-state index contributed by atoms with van der Waals surface area (Å²) in [6.07, 6.45) is -1.37. The van der Waals surface area contributed by atoms with Crippen LogP contribution < -0.4 is 0 Å². The fourth-order valence-corrected chi connectivity index (χ4v) is 0.962. The molecular formula is C5H11NO3. The van der Waals surface area contributed by atoms with Crippen molar-refractivity contribution in [1.82, 2.24) is 4.90 Å². The van der Waals surface area contributed by atoms with Gasteiger partial charge in [-0.3, -0.25) is 4.90 Å². The van der Waals surface area contributed by atoms with Gasteiger partial charge in [-0.25, -0.2) is 0 Å². The predicted molar refractivity (Wildman–Crippen MR) is 30.7 cm³/mol. The van der Waals surface area contributed by atoms with E-state index in [1.165, 1.54) is 0 Å². The summed E-state index contributed by atoms with van der Waals surface area (Å²) in [6.45, 7) is 0.656. The smallest absolute Gasteiger partial charge is 0.0958 e. The van der Waals surface area contributed by atoms with Gasteiger partial charge >= 0.3 is 0 Å². The number of rotatable bonds is 1. The topological polar surface area (TPSA) is 63.9 Å². The van der Waals surface area contributed by atoms with E-state index in [9.17, 15) is 0 Å². The molecule has 0 bridgehead atoms. The van der Waals surface area contributed by atoms with Crippen LogP contribution in [0, 0.1) is 0 Å². The Balaban J connectivity index is 2.35. The molecule has 9 heavy (non-hydrogen) atoms. The van der Waals surface area contributed by atoms with E-state index in [0.717, 1.165) is 0 Å². The van der Waals surface area contributed by atoms with Gasteiger partial charge in [0.1, 0.15) is 0 Å². The molecule has 0 aromatic rings. The van der Waals surface area contributed by atoms with Crippen molar-refractivity contribution in [3.8, 4) is 0 Å². The average Bonchev–Trinajstić information content (AvgIpc) is 2.13. The summed E-state index contributed by atoms with van der Waals surface area (Å²) in [4.78, 5) is 1.58. The van der Waals surface area contributed by atoms with Crippen LogP contribution in [0.1, 0.15) is 0 Å². The van der Waals surface area contributed by atoms with Crippen LogP contribution in [-0.4, -0.2) is 52.2 Å². The predicted octanol–water partition coefficient (Wildman–Crippen LogP) is -2.03. The van der Waals surface area contributed by atoms with Gasteiger partial charge in [-0.1, -0.05) is 0 Å². The summed E-state index contributed by atoms with van der Waals surface area (Å²) in [5, 5.41) is 26.3. The summed E-state index contributed by atoms with van der Waals surface area (Å²) in [7, 11) is 0. The quantitative estimate of drug-likeness (QED) is 0.386. The molecule has 4 nitrogen and oxygen atoms in total. The zero-order chi connectivity index (χ0) is 6.85. The molecule has 1 heterocycles. The van der Waals surface area contributed by atoms with E-state index in [2.05, 4.69) is 0 Å². The van der Waals surface area contributed by atoms with Crippen molar-refractivity contribution in [2.45, 2.75) is 12.2 Å². The van der Waals surface area contributed by atoms with Crippen LogP contribution >= 0.6 is 0 Å². The van der Waals surface area contributed by atoms with E-state index in [1.54, 1.807) is 4.90 Å². The van der Waals surface area contributed by atoms with E-state index < -0.39 is 12.2 Å². The van der Waals surface area contributed by atoms with Gasteiger partial charge in [0.25, 0.3) is 0 Å². The van der Waals surface area contributed by atoms with Crippen molar-refractivity contribution < 1.29 is 15.3 Å². The average molecular weight is 133 g/mol.